The number of rotatable bonds is 4. The summed E-state index contributed by atoms with van der Waals surface area (Å²) in [4.78, 5) is 20.5. The second-order valence-electron chi connectivity index (χ2n) is 5.20. The summed E-state index contributed by atoms with van der Waals surface area (Å²) in [5.74, 6) is 0.202. The van der Waals surface area contributed by atoms with Gasteiger partial charge in [-0.3, -0.25) is 4.79 Å². The first kappa shape index (κ1) is 15.4. The molecule has 2 aromatic heterocycles. The maximum atomic E-state index is 12.1. The number of aromatic nitrogens is 4. The van der Waals surface area contributed by atoms with Gasteiger partial charge in [-0.1, -0.05) is 23.7 Å². The topological polar surface area (TPSA) is 69.4 Å². The van der Waals surface area contributed by atoms with Gasteiger partial charge in [0.15, 0.2) is 0 Å². The fourth-order valence-corrected chi connectivity index (χ4v) is 2.61. The Balaban J connectivity index is 1.73. The van der Waals surface area contributed by atoms with Crippen LogP contribution in [-0.2, 0) is 22.6 Å². The van der Waals surface area contributed by atoms with Crippen molar-refractivity contribution in [2.24, 2.45) is 0 Å². The first-order valence-corrected chi connectivity index (χ1v) is 7.48. The summed E-state index contributed by atoms with van der Waals surface area (Å²) >= 11 is 5.91. The third kappa shape index (κ3) is 3.32. The monoisotopic (exact) mass is 330 g/mol. The molecule has 0 atom stereocenters. The van der Waals surface area contributed by atoms with Crippen molar-refractivity contribution in [3.8, 4) is 0 Å². The van der Waals surface area contributed by atoms with Crippen LogP contribution in [-0.4, -0.2) is 25.6 Å². The van der Waals surface area contributed by atoms with E-state index in [1.807, 2.05) is 26.0 Å². The lowest BCUT2D eigenvalue weighted by atomic mass is 10.1. The highest BCUT2D eigenvalue weighted by Gasteiger charge is 2.15. The number of fused-ring (bicyclic) bond motifs is 1. The number of hydrogen-bond donors (Lipinski definition) is 0. The van der Waals surface area contributed by atoms with Crippen LogP contribution < -0.4 is 0 Å². The minimum Gasteiger partial charge on any atom is -0.461 e. The lowest BCUT2D eigenvalue weighted by molar-refractivity contribution is -0.144. The van der Waals surface area contributed by atoms with E-state index in [1.165, 1.54) is 6.33 Å². The van der Waals surface area contributed by atoms with Gasteiger partial charge in [-0.25, -0.2) is 9.50 Å². The van der Waals surface area contributed by atoms with Gasteiger partial charge in [-0.2, -0.15) is 10.1 Å². The molecular formula is C16H15ClN4O2. The van der Waals surface area contributed by atoms with Gasteiger partial charge in [-0.05, 0) is 31.5 Å². The van der Waals surface area contributed by atoms with Gasteiger partial charge in [0, 0.05) is 22.0 Å². The Bertz CT molecular complexity index is 876. The Morgan fingerprint density at radius 2 is 2.17 bits per heavy atom. The standard InChI is InChI=1S/C16H15ClN4O2/c1-10-14(11(2)21-16(20-10)18-9-19-21)7-15(22)23-8-12-4-3-5-13(17)6-12/h3-6,9H,7-8H2,1-2H3. The predicted molar refractivity (Wildman–Crippen MR) is 85.2 cm³/mol. The number of ether oxygens (including phenoxy) is 1. The molecule has 23 heavy (non-hydrogen) atoms. The largest absolute Gasteiger partial charge is 0.461 e. The van der Waals surface area contributed by atoms with Crippen LogP contribution in [0.15, 0.2) is 30.6 Å². The Morgan fingerprint density at radius 3 is 2.96 bits per heavy atom. The molecule has 3 rings (SSSR count). The number of benzene rings is 1. The average Bonchev–Trinajstić information content (AvgIpc) is 2.98. The van der Waals surface area contributed by atoms with Gasteiger partial charge in [0.2, 0.25) is 0 Å². The van der Waals surface area contributed by atoms with Crippen molar-refractivity contribution in [3.05, 3.63) is 58.1 Å². The SMILES string of the molecule is Cc1nc2ncnn2c(C)c1CC(=O)OCc1cccc(Cl)c1. The van der Waals surface area contributed by atoms with E-state index < -0.39 is 0 Å². The lowest BCUT2D eigenvalue weighted by Crippen LogP contribution is -2.13. The number of carbonyl (C=O) groups excluding carboxylic acids is 1. The second kappa shape index (κ2) is 6.34. The smallest absolute Gasteiger partial charge is 0.310 e. The van der Waals surface area contributed by atoms with Gasteiger partial charge >= 0.3 is 5.97 Å². The Morgan fingerprint density at radius 1 is 1.35 bits per heavy atom. The number of aryl methyl sites for hydroxylation is 2. The summed E-state index contributed by atoms with van der Waals surface area (Å²) in [7, 11) is 0. The molecule has 0 unspecified atom stereocenters. The molecule has 7 heteroatoms. The molecule has 0 fully saturated rings. The molecule has 0 saturated heterocycles. The highest BCUT2D eigenvalue weighted by atomic mass is 35.5. The van der Waals surface area contributed by atoms with Crippen LogP contribution in [0.5, 0.6) is 0 Å². The maximum absolute atomic E-state index is 12.1. The van der Waals surface area contributed by atoms with Crippen LogP contribution in [0.2, 0.25) is 5.02 Å². The number of carbonyl (C=O) groups is 1. The van der Waals surface area contributed by atoms with Gasteiger partial charge in [0.05, 0.1) is 6.42 Å². The first-order valence-electron chi connectivity index (χ1n) is 7.10. The maximum Gasteiger partial charge on any atom is 0.310 e. The van der Waals surface area contributed by atoms with Crippen LogP contribution in [0.4, 0.5) is 0 Å². The van der Waals surface area contributed by atoms with Crippen LogP contribution >= 0.6 is 11.6 Å². The zero-order valence-corrected chi connectivity index (χ0v) is 13.5. The lowest BCUT2D eigenvalue weighted by Gasteiger charge is -2.10. The molecule has 2 heterocycles. The molecule has 0 amide bonds. The molecule has 3 aromatic rings. The van der Waals surface area contributed by atoms with E-state index in [4.69, 9.17) is 16.3 Å². The van der Waals surface area contributed by atoms with Crippen molar-refractivity contribution in [2.45, 2.75) is 26.9 Å². The number of hydrogen-bond acceptors (Lipinski definition) is 5. The third-order valence-electron chi connectivity index (χ3n) is 3.60. The molecule has 0 N–H and O–H groups in total. The Kier molecular flexibility index (Phi) is 4.25. The van der Waals surface area contributed by atoms with Crippen molar-refractivity contribution in [1.82, 2.24) is 19.6 Å². The zero-order chi connectivity index (χ0) is 16.4. The predicted octanol–water partition coefficient (Wildman–Crippen LogP) is 2.68. The van der Waals surface area contributed by atoms with E-state index in [1.54, 1.807) is 16.6 Å². The summed E-state index contributed by atoms with van der Waals surface area (Å²) < 4.78 is 6.94. The third-order valence-corrected chi connectivity index (χ3v) is 3.83. The van der Waals surface area contributed by atoms with Crippen LogP contribution in [0.25, 0.3) is 5.78 Å². The van der Waals surface area contributed by atoms with Gasteiger partial charge < -0.3 is 4.74 Å². The van der Waals surface area contributed by atoms with Crippen molar-refractivity contribution in [2.75, 3.05) is 0 Å². The van der Waals surface area contributed by atoms with Gasteiger partial charge in [0.1, 0.15) is 12.9 Å². The Hall–Kier alpha value is -2.47. The van der Waals surface area contributed by atoms with Crippen molar-refractivity contribution < 1.29 is 9.53 Å². The van der Waals surface area contributed by atoms with E-state index >= 15 is 0 Å². The first-order chi connectivity index (χ1) is 11.0. The fourth-order valence-electron chi connectivity index (χ4n) is 2.40. The molecule has 0 aliphatic rings. The minimum atomic E-state index is -0.322. The average molecular weight is 331 g/mol. The fraction of sp³-hybridized carbons (Fsp3) is 0.250. The van der Waals surface area contributed by atoms with E-state index in [-0.39, 0.29) is 19.0 Å². The molecule has 0 radical (unpaired) electrons. The van der Waals surface area contributed by atoms with Crippen molar-refractivity contribution in [1.29, 1.82) is 0 Å². The minimum absolute atomic E-state index is 0.140. The summed E-state index contributed by atoms with van der Waals surface area (Å²) in [5, 5.41) is 4.72. The summed E-state index contributed by atoms with van der Waals surface area (Å²) in [6, 6.07) is 7.23. The summed E-state index contributed by atoms with van der Waals surface area (Å²) in [6.45, 7) is 3.92. The van der Waals surface area contributed by atoms with Crippen LogP contribution in [0, 0.1) is 13.8 Å². The molecule has 0 aliphatic carbocycles. The number of esters is 1. The van der Waals surface area contributed by atoms with E-state index in [0.717, 1.165) is 22.5 Å². The second-order valence-corrected chi connectivity index (χ2v) is 5.64. The van der Waals surface area contributed by atoms with Gasteiger partial charge in [-0.15, -0.1) is 0 Å². The number of nitrogens with zero attached hydrogens (tertiary/aromatic N) is 4. The summed E-state index contributed by atoms with van der Waals surface area (Å²) in [5.41, 5.74) is 3.25. The normalized spacial score (nSPS) is 10.9. The molecule has 6 nitrogen and oxygen atoms in total. The molecular weight excluding hydrogens is 316 g/mol. The summed E-state index contributed by atoms with van der Waals surface area (Å²) in [6.07, 6.45) is 1.58. The van der Waals surface area contributed by atoms with Gasteiger partial charge in [0.25, 0.3) is 5.78 Å². The highest BCUT2D eigenvalue weighted by Crippen LogP contribution is 2.15. The molecule has 118 valence electrons. The van der Waals surface area contributed by atoms with Crippen LogP contribution in [0.3, 0.4) is 0 Å². The molecule has 1 aromatic carbocycles. The Labute approximate surface area is 138 Å². The van der Waals surface area contributed by atoms with Crippen LogP contribution in [0.1, 0.15) is 22.5 Å². The van der Waals surface area contributed by atoms with E-state index in [2.05, 4.69) is 15.1 Å². The van der Waals surface area contributed by atoms with E-state index in [9.17, 15) is 4.79 Å². The quantitative estimate of drug-likeness (QED) is 0.688. The number of halogens is 1. The molecule has 0 bridgehead atoms. The van der Waals surface area contributed by atoms with E-state index in [0.29, 0.717) is 10.8 Å². The molecule has 0 aliphatic heterocycles. The highest BCUT2D eigenvalue weighted by molar-refractivity contribution is 6.30. The molecule has 0 spiro atoms. The van der Waals surface area contributed by atoms with Crippen molar-refractivity contribution >= 4 is 23.3 Å². The zero-order valence-electron chi connectivity index (χ0n) is 12.8. The van der Waals surface area contributed by atoms with Crippen molar-refractivity contribution in [3.63, 3.8) is 0 Å². The molecule has 0 saturated carbocycles.